The van der Waals surface area contributed by atoms with E-state index in [9.17, 15) is 10.2 Å². The van der Waals surface area contributed by atoms with E-state index < -0.39 is 43.4 Å². The molecule has 1 aromatic heterocycles. The van der Waals surface area contributed by atoms with Gasteiger partial charge in [0.2, 0.25) is 11.6 Å². The van der Waals surface area contributed by atoms with Crippen molar-refractivity contribution in [3.8, 4) is 23.1 Å². The number of aromatic nitrogens is 1. The van der Waals surface area contributed by atoms with Crippen LogP contribution in [0.5, 0.6) is 23.1 Å². The van der Waals surface area contributed by atoms with Crippen LogP contribution in [0, 0.1) is 11.8 Å². The molecule has 1 saturated carbocycles. The molecule has 0 saturated heterocycles. The molecule has 0 unspecified atom stereocenters. The Morgan fingerprint density at radius 1 is 1.04 bits per heavy atom. The first-order valence-electron chi connectivity index (χ1n) is 17.1. The van der Waals surface area contributed by atoms with Crippen LogP contribution in [0.25, 0.3) is 5.76 Å². The zero-order valence-electron chi connectivity index (χ0n) is 30.1. The van der Waals surface area contributed by atoms with E-state index in [2.05, 4.69) is 25.9 Å². The third-order valence-corrected chi connectivity index (χ3v) is 15.1. The van der Waals surface area contributed by atoms with Crippen molar-refractivity contribution < 1.29 is 43.0 Å². The first-order chi connectivity index (χ1) is 22.6. The second-order valence-electron chi connectivity index (χ2n) is 15.1. The number of aliphatic hydroxyl groups is 1. The van der Waals surface area contributed by atoms with E-state index in [0.717, 1.165) is 25.7 Å². The van der Waals surface area contributed by atoms with Gasteiger partial charge in [0, 0.05) is 23.1 Å². The Balaban J connectivity index is 1.79. The molecule has 1 heterocycles. The zero-order chi connectivity index (χ0) is 35.3. The number of phenolic OH excluding ortho intramolecular Hbond substituents is 1. The quantitative estimate of drug-likeness (QED) is 0.135. The van der Waals surface area contributed by atoms with Crippen LogP contribution in [-0.2, 0) is 15.6 Å². The van der Waals surface area contributed by atoms with Crippen LogP contribution in [0.1, 0.15) is 100 Å². The Hall–Kier alpha value is -3.35. The molecule has 12 heteroatoms. The molecule has 1 aromatic carbocycles. The number of hydrogen-bond acceptors (Lipinski definition) is 11. The van der Waals surface area contributed by atoms with Crippen LogP contribution in [0.15, 0.2) is 16.2 Å². The number of methoxy groups -OCH3 is 1. The van der Waals surface area contributed by atoms with Crippen molar-refractivity contribution in [3.63, 3.8) is 0 Å². The van der Waals surface area contributed by atoms with Gasteiger partial charge in [0.1, 0.15) is 17.1 Å². The van der Waals surface area contributed by atoms with Crippen LogP contribution in [-0.4, -0.2) is 80.2 Å². The molecule has 264 valence electrons. The summed E-state index contributed by atoms with van der Waals surface area (Å²) in [5.74, 6) is -1.94. The van der Waals surface area contributed by atoms with E-state index in [4.69, 9.17) is 23.2 Å². The fourth-order valence-corrected chi connectivity index (χ4v) is 8.64. The summed E-state index contributed by atoms with van der Waals surface area (Å²) < 4.78 is 30.8. The molecule has 0 spiro atoms. The lowest BCUT2D eigenvalue weighted by atomic mass is 9.57. The van der Waals surface area contributed by atoms with E-state index >= 15 is 9.59 Å². The van der Waals surface area contributed by atoms with Gasteiger partial charge < -0.3 is 33.4 Å². The molecule has 0 amide bonds. The smallest absolute Gasteiger partial charge is 0.265 e. The molecular weight excluding hydrogens is 632 g/mol. The van der Waals surface area contributed by atoms with Crippen molar-refractivity contribution in [2.24, 2.45) is 11.8 Å². The first-order valence-corrected chi connectivity index (χ1v) is 20.1. The molecule has 1 fully saturated rings. The summed E-state index contributed by atoms with van der Waals surface area (Å²) in [4.78, 5) is 32.6. The van der Waals surface area contributed by atoms with Gasteiger partial charge >= 0.3 is 0 Å². The van der Waals surface area contributed by atoms with Crippen molar-refractivity contribution in [1.82, 2.24) is 10.1 Å². The van der Waals surface area contributed by atoms with Crippen molar-refractivity contribution in [2.45, 2.75) is 103 Å². The van der Waals surface area contributed by atoms with Crippen LogP contribution < -0.4 is 14.2 Å². The average Bonchev–Trinajstić information content (AvgIpc) is 3.42. The highest BCUT2D eigenvalue weighted by Crippen LogP contribution is 2.60. The minimum absolute atomic E-state index is 0.0512. The van der Waals surface area contributed by atoms with Crippen LogP contribution >= 0.6 is 0 Å². The van der Waals surface area contributed by atoms with Gasteiger partial charge in [-0.3, -0.25) is 14.5 Å². The fourth-order valence-electron chi connectivity index (χ4n) is 7.20. The maximum Gasteiger partial charge on any atom is 0.265 e. The van der Waals surface area contributed by atoms with Crippen molar-refractivity contribution >= 4 is 25.6 Å². The van der Waals surface area contributed by atoms with Gasteiger partial charge in [0.15, 0.2) is 31.2 Å². The summed E-state index contributed by atoms with van der Waals surface area (Å²) >= 11 is 0. The fraction of sp³-hybridized carbons (Fsp3) is 0.639. The third-order valence-electron chi connectivity index (χ3n) is 10.7. The number of rotatable bonds is 12. The predicted octanol–water partition coefficient (Wildman–Crippen LogP) is 7.04. The summed E-state index contributed by atoms with van der Waals surface area (Å²) in [5, 5.41) is 27.1. The van der Waals surface area contributed by atoms with E-state index in [1.54, 1.807) is 0 Å². The number of Topliss-reactive ketones (excluding diaryl/α,β-unsaturated/α-hetero) is 2. The number of phenols is 1. The molecule has 0 bridgehead atoms. The summed E-state index contributed by atoms with van der Waals surface area (Å²) in [5.41, 5.74) is -0.921. The number of nitrogens with zero attached hydrogens (tertiary/aromatic N) is 2. The molecule has 2 N–H and O–H groups in total. The Bertz CT molecular complexity index is 1600. The molecule has 48 heavy (non-hydrogen) atoms. The number of ether oxygens (including phenoxy) is 3. The van der Waals surface area contributed by atoms with Crippen LogP contribution in [0.4, 0.5) is 0 Å². The first kappa shape index (κ1) is 35.9. The SMILES string of the molecule is CCCCOc1noc2c1C(=O)[C@@]1(O[Si](C)(C)C(C)(C)C)C(=O)C3=C(O)c4c(c(OC)cc(O)c4OCCCC)C[C@H]3C[C@H]1[C@@H]2N(C)C. The maximum atomic E-state index is 15.4. The van der Waals surface area contributed by atoms with Gasteiger partial charge in [-0.25, -0.2) is 0 Å². The van der Waals surface area contributed by atoms with Gasteiger partial charge in [-0.15, -0.1) is 0 Å². The minimum atomic E-state index is -2.85. The highest BCUT2D eigenvalue weighted by molar-refractivity contribution is 6.74. The normalized spacial score (nSPS) is 23.9. The van der Waals surface area contributed by atoms with Gasteiger partial charge in [-0.05, 0) is 69.0 Å². The Morgan fingerprint density at radius 2 is 1.69 bits per heavy atom. The monoisotopic (exact) mass is 684 g/mol. The lowest BCUT2D eigenvalue weighted by Gasteiger charge is -2.55. The number of ketones is 2. The van der Waals surface area contributed by atoms with Gasteiger partial charge in [-0.1, -0.05) is 47.5 Å². The highest BCUT2D eigenvalue weighted by atomic mass is 28.4. The summed E-state index contributed by atoms with van der Waals surface area (Å²) in [6, 6.07) is 0.934. The molecule has 11 nitrogen and oxygen atoms in total. The standard InChI is InChI=1S/C36H52N2O9Si/c1-11-13-15-44-30-23(39)19-24(43-8)21-17-20-18-22-28(38(6)7)31-27(34(37-46-31)45-16-14-12-2)33(42)36(22,47-48(9,10)35(3,4)5)32(41)25(20)29(40)26(21)30/h19-20,22,28,39-40H,11-18H2,1-10H3/t20-,22-,28-,36-/m0/s1. The average molecular weight is 685 g/mol. The molecule has 2 aromatic rings. The predicted molar refractivity (Wildman–Crippen MR) is 184 cm³/mol. The molecule has 3 aliphatic carbocycles. The van der Waals surface area contributed by atoms with E-state index in [0.29, 0.717) is 43.1 Å². The number of unbranched alkanes of at least 4 members (excludes halogenated alkanes) is 2. The third kappa shape index (κ3) is 5.63. The number of benzene rings is 1. The van der Waals surface area contributed by atoms with Crippen LogP contribution in [0.3, 0.4) is 0 Å². The number of aliphatic hydroxyl groups excluding tert-OH is 1. The molecule has 5 rings (SSSR count). The van der Waals surface area contributed by atoms with Crippen molar-refractivity contribution in [2.75, 3.05) is 34.4 Å². The van der Waals surface area contributed by atoms with Crippen molar-refractivity contribution in [3.05, 3.63) is 34.1 Å². The second-order valence-corrected chi connectivity index (χ2v) is 19.8. The van der Waals surface area contributed by atoms with E-state index in [1.807, 2.05) is 45.9 Å². The van der Waals surface area contributed by atoms with Crippen LogP contribution in [0.2, 0.25) is 18.1 Å². The van der Waals surface area contributed by atoms with Gasteiger partial charge in [0.05, 0.1) is 31.9 Å². The maximum absolute atomic E-state index is 15.4. The van der Waals surface area contributed by atoms with E-state index in [-0.39, 0.29) is 44.9 Å². The highest BCUT2D eigenvalue weighted by Gasteiger charge is 2.69. The summed E-state index contributed by atoms with van der Waals surface area (Å²) in [7, 11) is 2.42. The topological polar surface area (TPSA) is 141 Å². The Labute approximate surface area is 284 Å². The molecule has 4 atom stereocenters. The van der Waals surface area contributed by atoms with E-state index in [1.165, 1.54) is 13.2 Å². The van der Waals surface area contributed by atoms with Gasteiger partial charge in [0.25, 0.3) is 5.88 Å². The molecule has 0 radical (unpaired) electrons. The second kappa shape index (κ2) is 13.2. The minimum Gasteiger partial charge on any atom is -0.507 e. The molecule has 3 aliphatic rings. The number of hydrogen-bond donors (Lipinski definition) is 2. The zero-order valence-corrected chi connectivity index (χ0v) is 31.1. The largest absolute Gasteiger partial charge is 0.507 e. The number of carbonyl (C=O) groups is 2. The number of fused-ring (bicyclic) bond motifs is 4. The van der Waals surface area contributed by atoms with Crippen molar-refractivity contribution in [1.29, 1.82) is 0 Å². The number of carbonyl (C=O) groups excluding carboxylic acids is 2. The number of aromatic hydroxyl groups is 1. The molecule has 0 aliphatic heterocycles. The lowest BCUT2D eigenvalue weighted by molar-refractivity contribution is -0.140. The Morgan fingerprint density at radius 3 is 2.27 bits per heavy atom. The Kier molecular flexibility index (Phi) is 9.86. The van der Waals surface area contributed by atoms with Gasteiger partial charge in [-0.2, -0.15) is 0 Å². The summed E-state index contributed by atoms with van der Waals surface area (Å²) in [6.45, 7) is 14.9. The lowest BCUT2D eigenvalue weighted by Crippen LogP contribution is -2.68. The summed E-state index contributed by atoms with van der Waals surface area (Å²) in [6.07, 6.45) is 3.88. The molecular formula is C36H52N2O9Si.